The highest BCUT2D eigenvalue weighted by atomic mass is 35.5. The van der Waals surface area contributed by atoms with Crippen LogP contribution in [0, 0.1) is 6.92 Å². The molecule has 1 aliphatic heterocycles. The van der Waals surface area contributed by atoms with Crippen LogP contribution in [0.4, 0.5) is 0 Å². The third-order valence-corrected chi connectivity index (χ3v) is 4.37. The molecule has 0 unspecified atom stereocenters. The number of hydrogen-bond donors (Lipinski definition) is 2. The normalized spacial score (nSPS) is 12.1. The Balaban J connectivity index is 0.00000225. The second kappa shape index (κ2) is 8.23. The van der Waals surface area contributed by atoms with Gasteiger partial charge in [0.15, 0.2) is 0 Å². The van der Waals surface area contributed by atoms with Crippen LogP contribution in [0.3, 0.4) is 0 Å². The Labute approximate surface area is 154 Å². The molecule has 0 atom stereocenters. The maximum Gasteiger partial charge on any atom is 0.251 e. The molecule has 1 aliphatic rings. The topological polar surface area (TPSA) is 59.6 Å². The molecule has 0 spiro atoms. The molecule has 5 nitrogen and oxygen atoms in total. The lowest BCUT2D eigenvalue weighted by Gasteiger charge is -2.13. The quantitative estimate of drug-likeness (QED) is 0.858. The van der Waals surface area contributed by atoms with Crippen LogP contribution < -0.4 is 20.1 Å². The smallest absolute Gasteiger partial charge is 0.251 e. The standard InChI is InChI=1S/C19H22N2O3.ClH/c1-12-17(23-2)7-15(8-18(12)24-3)19(22)21-9-13-4-5-14-10-20-11-16(14)6-13;/h4-8,20H,9-11H2,1-3H3,(H,21,22);1H. The highest BCUT2D eigenvalue weighted by Gasteiger charge is 2.14. The van der Waals surface area contributed by atoms with E-state index >= 15 is 0 Å². The Hall–Kier alpha value is -2.24. The second-order valence-corrected chi connectivity index (χ2v) is 5.90. The number of hydrogen-bond acceptors (Lipinski definition) is 4. The first kappa shape index (κ1) is 19.1. The van der Waals surface area contributed by atoms with E-state index in [1.54, 1.807) is 26.4 Å². The number of fused-ring (bicyclic) bond motifs is 1. The molecule has 134 valence electrons. The predicted octanol–water partition coefficient (Wildman–Crippen LogP) is 2.97. The summed E-state index contributed by atoms with van der Waals surface area (Å²) in [7, 11) is 3.17. The van der Waals surface area contributed by atoms with E-state index in [1.165, 1.54) is 11.1 Å². The average Bonchev–Trinajstić information content (AvgIpc) is 3.07. The molecule has 0 saturated carbocycles. The van der Waals surface area contributed by atoms with E-state index in [2.05, 4.69) is 28.8 Å². The Morgan fingerprint density at radius 1 is 1.08 bits per heavy atom. The summed E-state index contributed by atoms with van der Waals surface area (Å²) in [5, 5.41) is 6.28. The lowest BCUT2D eigenvalue weighted by atomic mass is 10.1. The summed E-state index contributed by atoms with van der Waals surface area (Å²) in [6, 6.07) is 9.79. The fourth-order valence-electron chi connectivity index (χ4n) is 2.96. The SMILES string of the molecule is COc1cc(C(=O)NCc2ccc3c(c2)CNC3)cc(OC)c1C.Cl. The first-order chi connectivity index (χ1) is 11.6. The highest BCUT2D eigenvalue weighted by molar-refractivity contribution is 5.95. The van der Waals surface area contributed by atoms with Gasteiger partial charge >= 0.3 is 0 Å². The van der Waals surface area contributed by atoms with Gasteiger partial charge in [-0.05, 0) is 35.7 Å². The third-order valence-electron chi connectivity index (χ3n) is 4.37. The number of carbonyl (C=O) groups excluding carboxylic acids is 1. The number of benzene rings is 2. The number of halogens is 1. The Kier molecular flexibility index (Phi) is 6.28. The van der Waals surface area contributed by atoms with Crippen LogP contribution in [0.1, 0.15) is 32.6 Å². The van der Waals surface area contributed by atoms with Crippen molar-refractivity contribution < 1.29 is 14.3 Å². The Bertz CT molecular complexity index is 752. The average molecular weight is 363 g/mol. The molecule has 2 aromatic carbocycles. The van der Waals surface area contributed by atoms with E-state index in [0.717, 1.165) is 24.2 Å². The molecule has 6 heteroatoms. The van der Waals surface area contributed by atoms with Crippen molar-refractivity contribution in [2.24, 2.45) is 0 Å². The Morgan fingerprint density at radius 2 is 1.72 bits per heavy atom. The van der Waals surface area contributed by atoms with Crippen LogP contribution in [0.2, 0.25) is 0 Å². The summed E-state index contributed by atoms with van der Waals surface area (Å²) < 4.78 is 10.6. The van der Waals surface area contributed by atoms with E-state index in [0.29, 0.717) is 23.6 Å². The Morgan fingerprint density at radius 3 is 2.36 bits per heavy atom. The summed E-state index contributed by atoms with van der Waals surface area (Å²) in [6.07, 6.45) is 0. The maximum atomic E-state index is 12.5. The van der Waals surface area contributed by atoms with Gasteiger partial charge in [-0.15, -0.1) is 12.4 Å². The largest absolute Gasteiger partial charge is 0.496 e. The molecular weight excluding hydrogens is 340 g/mol. The van der Waals surface area contributed by atoms with Gasteiger partial charge in [-0.2, -0.15) is 0 Å². The van der Waals surface area contributed by atoms with Crippen molar-refractivity contribution in [2.75, 3.05) is 14.2 Å². The number of methoxy groups -OCH3 is 2. The monoisotopic (exact) mass is 362 g/mol. The molecular formula is C19H23ClN2O3. The first-order valence-corrected chi connectivity index (χ1v) is 7.94. The van der Waals surface area contributed by atoms with Crippen molar-refractivity contribution in [3.63, 3.8) is 0 Å². The van der Waals surface area contributed by atoms with Crippen molar-refractivity contribution in [3.8, 4) is 11.5 Å². The number of nitrogens with one attached hydrogen (secondary N) is 2. The molecule has 2 N–H and O–H groups in total. The van der Waals surface area contributed by atoms with Crippen molar-refractivity contribution in [3.05, 3.63) is 58.1 Å². The van der Waals surface area contributed by atoms with Gasteiger partial charge in [0.25, 0.3) is 5.91 Å². The van der Waals surface area contributed by atoms with Crippen LogP contribution in [-0.2, 0) is 19.6 Å². The number of amides is 1. The third kappa shape index (κ3) is 4.06. The van der Waals surface area contributed by atoms with Crippen molar-refractivity contribution >= 4 is 18.3 Å². The van der Waals surface area contributed by atoms with Gasteiger partial charge in [0.05, 0.1) is 14.2 Å². The molecule has 0 saturated heterocycles. The van der Waals surface area contributed by atoms with Gasteiger partial charge in [0.2, 0.25) is 0 Å². The summed E-state index contributed by atoms with van der Waals surface area (Å²) >= 11 is 0. The fraction of sp³-hybridized carbons (Fsp3) is 0.316. The lowest BCUT2D eigenvalue weighted by molar-refractivity contribution is 0.0950. The van der Waals surface area contributed by atoms with E-state index in [9.17, 15) is 4.79 Å². The fourth-order valence-corrected chi connectivity index (χ4v) is 2.96. The molecule has 1 amide bonds. The molecule has 0 aliphatic carbocycles. The molecule has 25 heavy (non-hydrogen) atoms. The summed E-state index contributed by atoms with van der Waals surface area (Å²) in [6.45, 7) is 4.21. The molecule has 0 aromatic heterocycles. The molecule has 0 bridgehead atoms. The summed E-state index contributed by atoms with van der Waals surface area (Å²) in [5.41, 5.74) is 5.13. The molecule has 0 fully saturated rings. The minimum Gasteiger partial charge on any atom is -0.496 e. The lowest BCUT2D eigenvalue weighted by Crippen LogP contribution is -2.23. The zero-order valence-corrected chi connectivity index (χ0v) is 15.5. The number of rotatable bonds is 5. The van der Waals surface area contributed by atoms with Gasteiger partial charge < -0.3 is 20.1 Å². The van der Waals surface area contributed by atoms with Crippen LogP contribution in [-0.4, -0.2) is 20.1 Å². The van der Waals surface area contributed by atoms with E-state index in [-0.39, 0.29) is 18.3 Å². The van der Waals surface area contributed by atoms with Gasteiger partial charge in [-0.1, -0.05) is 18.2 Å². The summed E-state index contributed by atoms with van der Waals surface area (Å²) in [4.78, 5) is 12.5. The molecule has 3 rings (SSSR count). The van der Waals surface area contributed by atoms with Gasteiger partial charge in [-0.25, -0.2) is 0 Å². The molecule has 0 radical (unpaired) electrons. The molecule has 2 aromatic rings. The zero-order chi connectivity index (χ0) is 17.1. The van der Waals surface area contributed by atoms with E-state index < -0.39 is 0 Å². The van der Waals surface area contributed by atoms with Gasteiger partial charge in [0, 0.05) is 30.8 Å². The zero-order valence-electron chi connectivity index (χ0n) is 14.6. The van der Waals surface area contributed by atoms with Crippen LogP contribution in [0.15, 0.2) is 30.3 Å². The number of ether oxygens (including phenoxy) is 2. The van der Waals surface area contributed by atoms with Crippen molar-refractivity contribution in [2.45, 2.75) is 26.6 Å². The van der Waals surface area contributed by atoms with Crippen molar-refractivity contribution in [1.82, 2.24) is 10.6 Å². The first-order valence-electron chi connectivity index (χ1n) is 7.94. The maximum absolute atomic E-state index is 12.5. The minimum absolute atomic E-state index is 0. The van der Waals surface area contributed by atoms with Gasteiger partial charge in [0.1, 0.15) is 11.5 Å². The highest BCUT2D eigenvalue weighted by Crippen LogP contribution is 2.29. The van der Waals surface area contributed by atoms with E-state index in [1.807, 2.05) is 6.92 Å². The summed E-state index contributed by atoms with van der Waals surface area (Å²) in [5.74, 6) is 1.14. The van der Waals surface area contributed by atoms with E-state index in [4.69, 9.17) is 9.47 Å². The molecule has 1 heterocycles. The minimum atomic E-state index is -0.148. The second-order valence-electron chi connectivity index (χ2n) is 5.90. The number of carbonyl (C=O) groups is 1. The van der Waals surface area contributed by atoms with Gasteiger partial charge in [-0.3, -0.25) is 4.79 Å². The van der Waals surface area contributed by atoms with Crippen LogP contribution in [0.5, 0.6) is 11.5 Å². The van der Waals surface area contributed by atoms with Crippen LogP contribution >= 0.6 is 12.4 Å². The van der Waals surface area contributed by atoms with Crippen molar-refractivity contribution in [1.29, 1.82) is 0 Å². The predicted molar refractivity (Wildman–Crippen MR) is 99.7 cm³/mol. The van der Waals surface area contributed by atoms with Crippen LogP contribution in [0.25, 0.3) is 0 Å².